The topological polar surface area (TPSA) is 39.2 Å². The van der Waals surface area contributed by atoms with E-state index < -0.39 is 0 Å². The Bertz CT molecular complexity index is 319. The first-order chi connectivity index (χ1) is 7.17. The van der Waals surface area contributed by atoms with Crippen LogP contribution in [0.1, 0.15) is 25.1 Å². The molecule has 0 amide bonds. The van der Waals surface area contributed by atoms with Gasteiger partial charge < -0.3 is 4.74 Å². The lowest BCUT2D eigenvalue weighted by molar-refractivity contribution is -0.144. The van der Waals surface area contributed by atoms with Crippen molar-refractivity contribution in [2.75, 3.05) is 7.11 Å². The van der Waals surface area contributed by atoms with Gasteiger partial charge in [-0.1, -0.05) is 19.9 Å². The molecule has 0 fully saturated rings. The molecule has 0 spiro atoms. The summed E-state index contributed by atoms with van der Waals surface area (Å²) in [4.78, 5) is 15.5. The fourth-order valence-corrected chi connectivity index (χ4v) is 1.38. The van der Waals surface area contributed by atoms with Crippen LogP contribution in [0.3, 0.4) is 0 Å². The monoisotopic (exact) mass is 207 g/mol. The molecule has 3 nitrogen and oxygen atoms in total. The summed E-state index contributed by atoms with van der Waals surface area (Å²) in [5.74, 6) is -0.314. The molecular weight excluding hydrogens is 190 g/mol. The second-order valence-electron chi connectivity index (χ2n) is 3.64. The highest BCUT2D eigenvalue weighted by Gasteiger charge is 2.13. The average Bonchev–Trinajstić information content (AvgIpc) is 2.29. The van der Waals surface area contributed by atoms with Gasteiger partial charge in [0.2, 0.25) is 0 Å². The van der Waals surface area contributed by atoms with Crippen LogP contribution in [-0.2, 0) is 22.4 Å². The van der Waals surface area contributed by atoms with Crippen LogP contribution in [-0.4, -0.2) is 18.1 Å². The van der Waals surface area contributed by atoms with Gasteiger partial charge in [-0.3, -0.25) is 9.78 Å². The zero-order valence-corrected chi connectivity index (χ0v) is 9.49. The third-order valence-electron chi connectivity index (χ3n) is 2.41. The molecule has 0 N–H and O–H groups in total. The lowest BCUT2D eigenvalue weighted by Crippen LogP contribution is -2.15. The lowest BCUT2D eigenvalue weighted by atomic mass is 10.0. The Morgan fingerprint density at radius 1 is 1.53 bits per heavy atom. The van der Waals surface area contributed by atoms with E-state index in [0.717, 1.165) is 12.1 Å². The molecule has 1 unspecified atom stereocenters. The third kappa shape index (κ3) is 3.35. The Hall–Kier alpha value is -1.38. The number of esters is 1. The number of aryl methyl sites for hydroxylation is 1. The van der Waals surface area contributed by atoms with Gasteiger partial charge in [0, 0.05) is 18.3 Å². The highest BCUT2D eigenvalue weighted by Crippen LogP contribution is 2.08. The van der Waals surface area contributed by atoms with Crippen LogP contribution in [0.2, 0.25) is 0 Å². The second-order valence-corrected chi connectivity index (χ2v) is 3.64. The van der Waals surface area contributed by atoms with E-state index in [-0.39, 0.29) is 11.9 Å². The van der Waals surface area contributed by atoms with Gasteiger partial charge in [-0.25, -0.2) is 0 Å². The maximum Gasteiger partial charge on any atom is 0.308 e. The van der Waals surface area contributed by atoms with Gasteiger partial charge in [0.05, 0.1) is 13.0 Å². The summed E-state index contributed by atoms with van der Waals surface area (Å²) >= 11 is 0. The summed E-state index contributed by atoms with van der Waals surface area (Å²) in [6.07, 6.45) is 3.48. The van der Waals surface area contributed by atoms with E-state index in [2.05, 4.69) is 16.6 Å². The minimum Gasteiger partial charge on any atom is -0.469 e. The zero-order chi connectivity index (χ0) is 11.3. The molecule has 1 heterocycles. The molecule has 0 saturated heterocycles. The predicted molar refractivity (Wildman–Crippen MR) is 58.5 cm³/mol. The molecule has 0 aliphatic rings. The molecule has 0 aromatic carbocycles. The Morgan fingerprint density at radius 2 is 2.27 bits per heavy atom. The van der Waals surface area contributed by atoms with E-state index in [4.69, 9.17) is 0 Å². The van der Waals surface area contributed by atoms with Crippen molar-refractivity contribution < 1.29 is 9.53 Å². The number of hydrogen-bond acceptors (Lipinski definition) is 3. The Kier molecular flexibility index (Phi) is 4.28. The van der Waals surface area contributed by atoms with Crippen LogP contribution in [0, 0.1) is 5.92 Å². The largest absolute Gasteiger partial charge is 0.469 e. The molecule has 0 aliphatic heterocycles. The van der Waals surface area contributed by atoms with Gasteiger partial charge in [-0.05, 0) is 18.1 Å². The number of hydrogen-bond donors (Lipinski definition) is 0. The number of pyridine rings is 1. The van der Waals surface area contributed by atoms with Crippen LogP contribution < -0.4 is 0 Å². The van der Waals surface area contributed by atoms with E-state index in [9.17, 15) is 4.79 Å². The van der Waals surface area contributed by atoms with Crippen LogP contribution in [0.15, 0.2) is 18.3 Å². The molecular formula is C12H17NO2. The van der Waals surface area contributed by atoms with Crippen LogP contribution in [0.5, 0.6) is 0 Å². The standard InChI is InChI=1S/C12H17NO2/c1-4-10-5-6-11(13-8-10)7-9(2)12(14)15-3/h5-6,8-9H,4,7H2,1-3H3. The molecule has 82 valence electrons. The van der Waals surface area contributed by atoms with E-state index in [0.29, 0.717) is 6.42 Å². The molecule has 1 atom stereocenters. The fraction of sp³-hybridized carbons (Fsp3) is 0.500. The summed E-state index contributed by atoms with van der Waals surface area (Å²) in [6.45, 7) is 3.94. The number of carbonyl (C=O) groups excluding carboxylic acids is 1. The highest BCUT2D eigenvalue weighted by molar-refractivity contribution is 5.72. The van der Waals surface area contributed by atoms with Crippen molar-refractivity contribution in [1.82, 2.24) is 4.98 Å². The molecule has 3 heteroatoms. The van der Waals surface area contributed by atoms with Gasteiger partial charge in [-0.15, -0.1) is 0 Å². The molecule has 0 aliphatic carbocycles. The minimum absolute atomic E-state index is 0.130. The molecule has 1 rings (SSSR count). The number of carbonyl (C=O) groups is 1. The maximum absolute atomic E-state index is 11.2. The molecule has 1 aromatic heterocycles. The Labute approximate surface area is 90.5 Å². The molecule has 15 heavy (non-hydrogen) atoms. The van der Waals surface area contributed by atoms with Crippen LogP contribution >= 0.6 is 0 Å². The number of rotatable bonds is 4. The van der Waals surface area contributed by atoms with Gasteiger partial charge in [-0.2, -0.15) is 0 Å². The minimum atomic E-state index is -0.184. The van der Waals surface area contributed by atoms with Crippen molar-refractivity contribution in [3.05, 3.63) is 29.6 Å². The number of nitrogens with zero attached hydrogens (tertiary/aromatic N) is 1. The normalized spacial score (nSPS) is 12.2. The summed E-state index contributed by atoms with van der Waals surface area (Å²) in [7, 11) is 1.41. The van der Waals surface area contributed by atoms with E-state index in [1.54, 1.807) is 0 Å². The number of ether oxygens (including phenoxy) is 1. The molecule has 1 aromatic rings. The Balaban J connectivity index is 2.60. The van der Waals surface area contributed by atoms with Gasteiger partial charge in [0.1, 0.15) is 0 Å². The van der Waals surface area contributed by atoms with E-state index in [1.165, 1.54) is 12.7 Å². The lowest BCUT2D eigenvalue weighted by Gasteiger charge is -2.08. The van der Waals surface area contributed by atoms with E-state index >= 15 is 0 Å². The van der Waals surface area contributed by atoms with Gasteiger partial charge >= 0.3 is 5.97 Å². The summed E-state index contributed by atoms with van der Waals surface area (Å²) in [6, 6.07) is 4.02. The molecule has 0 bridgehead atoms. The third-order valence-corrected chi connectivity index (χ3v) is 2.41. The van der Waals surface area contributed by atoms with Crippen molar-refractivity contribution in [2.24, 2.45) is 5.92 Å². The van der Waals surface area contributed by atoms with Crippen molar-refractivity contribution in [3.8, 4) is 0 Å². The van der Waals surface area contributed by atoms with E-state index in [1.807, 2.05) is 25.3 Å². The maximum atomic E-state index is 11.2. The summed E-state index contributed by atoms with van der Waals surface area (Å²) in [5.41, 5.74) is 2.15. The second kappa shape index (κ2) is 5.49. The first kappa shape index (κ1) is 11.7. The number of methoxy groups -OCH3 is 1. The SMILES string of the molecule is CCc1ccc(CC(C)C(=O)OC)nc1. The molecule has 0 radical (unpaired) electrons. The van der Waals surface area contributed by atoms with Crippen molar-refractivity contribution in [3.63, 3.8) is 0 Å². The zero-order valence-electron chi connectivity index (χ0n) is 9.49. The van der Waals surface area contributed by atoms with Crippen LogP contribution in [0.4, 0.5) is 0 Å². The quantitative estimate of drug-likeness (QED) is 0.709. The summed E-state index contributed by atoms with van der Waals surface area (Å²) < 4.78 is 4.66. The smallest absolute Gasteiger partial charge is 0.308 e. The van der Waals surface area contributed by atoms with Crippen molar-refractivity contribution >= 4 is 5.97 Å². The van der Waals surface area contributed by atoms with Crippen molar-refractivity contribution in [1.29, 1.82) is 0 Å². The fourth-order valence-electron chi connectivity index (χ4n) is 1.38. The first-order valence-corrected chi connectivity index (χ1v) is 5.19. The Morgan fingerprint density at radius 3 is 2.73 bits per heavy atom. The van der Waals surface area contributed by atoms with Gasteiger partial charge in [0.25, 0.3) is 0 Å². The van der Waals surface area contributed by atoms with Crippen molar-refractivity contribution in [2.45, 2.75) is 26.7 Å². The predicted octanol–water partition coefficient (Wildman–Crippen LogP) is 2.00. The highest BCUT2D eigenvalue weighted by atomic mass is 16.5. The molecule has 0 saturated carbocycles. The first-order valence-electron chi connectivity index (χ1n) is 5.19. The summed E-state index contributed by atoms with van der Waals surface area (Å²) in [5, 5.41) is 0. The van der Waals surface area contributed by atoms with Gasteiger partial charge in [0.15, 0.2) is 0 Å². The van der Waals surface area contributed by atoms with Crippen LogP contribution in [0.25, 0.3) is 0 Å². The number of aromatic nitrogens is 1. The average molecular weight is 207 g/mol.